The van der Waals surface area contributed by atoms with Crippen LogP contribution in [0.25, 0.3) is 22.3 Å². The highest BCUT2D eigenvalue weighted by Crippen LogP contribution is 2.30. The number of para-hydroxylation sites is 1. The maximum atomic E-state index is 13.2. The van der Waals surface area contributed by atoms with Crippen molar-refractivity contribution in [3.8, 4) is 11.4 Å². The van der Waals surface area contributed by atoms with Crippen LogP contribution in [0.5, 0.6) is 0 Å². The van der Waals surface area contributed by atoms with Gasteiger partial charge in [0.15, 0.2) is 9.84 Å². The molecule has 0 unspecified atom stereocenters. The molecule has 8 heteroatoms. The summed E-state index contributed by atoms with van der Waals surface area (Å²) in [7, 11) is -1.71. The molecule has 1 N–H and O–H groups in total. The lowest BCUT2D eigenvalue weighted by molar-refractivity contribution is 0.602. The Morgan fingerprint density at radius 1 is 1.09 bits per heavy atom. The topological polar surface area (TPSA) is 93.9 Å². The number of fused-ring (bicyclic) bond motifs is 1. The van der Waals surface area contributed by atoms with Crippen molar-refractivity contribution >= 4 is 26.4 Å². The third kappa shape index (κ3) is 4.01. The minimum absolute atomic E-state index is 0.150. The predicted octanol–water partition coefficient (Wildman–Crippen LogP) is 3.88. The molecule has 0 bridgehead atoms. The van der Waals surface area contributed by atoms with Gasteiger partial charge in [-0.15, -0.1) is 0 Å². The molecule has 4 aromatic rings. The number of nitrogens with one attached hydrogen (secondary N) is 1. The second-order valence-corrected chi connectivity index (χ2v) is 9.91. The number of aryl methyl sites for hydroxylation is 1. The van der Waals surface area contributed by atoms with Gasteiger partial charge in [0.05, 0.1) is 27.5 Å². The minimum Gasteiger partial charge on any atom is -0.377 e. The Labute approximate surface area is 186 Å². The van der Waals surface area contributed by atoms with Gasteiger partial charge in [-0.2, -0.15) is 0 Å². The SMILES string of the molecule is Cc1cc([C@@H](C)Nc2ccccc2S(C)(=O)=O)c2nc(-c3cccnc3)n(C)c(=O)c2c1. The number of anilines is 1. The summed E-state index contributed by atoms with van der Waals surface area (Å²) < 4.78 is 26.0. The van der Waals surface area contributed by atoms with Crippen molar-refractivity contribution in [2.45, 2.75) is 24.8 Å². The summed E-state index contributed by atoms with van der Waals surface area (Å²) in [6.07, 6.45) is 4.53. The van der Waals surface area contributed by atoms with Crippen LogP contribution in [-0.2, 0) is 16.9 Å². The fraction of sp³-hybridized carbons (Fsp3) is 0.208. The average Bonchev–Trinajstić information content (AvgIpc) is 2.76. The lowest BCUT2D eigenvalue weighted by Crippen LogP contribution is -2.22. The Morgan fingerprint density at radius 2 is 1.84 bits per heavy atom. The summed E-state index contributed by atoms with van der Waals surface area (Å²) in [5.74, 6) is 0.518. The van der Waals surface area contributed by atoms with E-state index in [0.717, 1.165) is 16.7 Å². The monoisotopic (exact) mass is 448 g/mol. The van der Waals surface area contributed by atoms with Crippen LogP contribution >= 0.6 is 0 Å². The second kappa shape index (κ2) is 8.20. The molecule has 4 rings (SSSR count). The molecule has 2 aromatic heterocycles. The van der Waals surface area contributed by atoms with Crippen molar-refractivity contribution in [2.75, 3.05) is 11.6 Å². The number of rotatable bonds is 5. The van der Waals surface area contributed by atoms with Crippen LogP contribution in [0, 0.1) is 6.92 Å². The number of benzene rings is 2. The Hall–Kier alpha value is -3.52. The van der Waals surface area contributed by atoms with Crippen molar-refractivity contribution in [2.24, 2.45) is 7.05 Å². The number of aromatic nitrogens is 3. The first-order valence-corrected chi connectivity index (χ1v) is 12.0. The van der Waals surface area contributed by atoms with Crippen LogP contribution < -0.4 is 10.9 Å². The molecular formula is C24H24N4O3S. The van der Waals surface area contributed by atoms with Gasteiger partial charge >= 0.3 is 0 Å². The predicted molar refractivity (Wildman–Crippen MR) is 127 cm³/mol. The summed E-state index contributed by atoms with van der Waals surface area (Å²) in [5, 5.41) is 3.82. The van der Waals surface area contributed by atoms with Crippen molar-refractivity contribution in [1.29, 1.82) is 0 Å². The quantitative estimate of drug-likeness (QED) is 0.498. The Morgan fingerprint density at radius 3 is 2.53 bits per heavy atom. The standard InChI is InChI=1S/C24H24N4O3S/c1-15-12-18(16(2)26-20-9-5-6-10-21(20)32(4,30)31)22-19(13-15)24(29)28(3)23(27-22)17-8-7-11-25-14-17/h5-14,16,26H,1-4H3/t16-/m1/s1. The third-order valence-corrected chi connectivity index (χ3v) is 6.55. The van der Waals surface area contributed by atoms with Crippen LogP contribution in [0.4, 0.5) is 5.69 Å². The molecule has 0 aliphatic carbocycles. The third-order valence-electron chi connectivity index (χ3n) is 5.40. The van der Waals surface area contributed by atoms with Gasteiger partial charge in [-0.1, -0.05) is 18.2 Å². The molecule has 0 aliphatic heterocycles. The van der Waals surface area contributed by atoms with Crippen molar-refractivity contribution in [3.63, 3.8) is 0 Å². The van der Waals surface area contributed by atoms with Crippen LogP contribution in [0.3, 0.4) is 0 Å². The molecule has 2 aromatic carbocycles. The highest BCUT2D eigenvalue weighted by molar-refractivity contribution is 7.90. The number of nitrogens with zero attached hydrogens (tertiary/aromatic N) is 3. The van der Waals surface area contributed by atoms with Crippen molar-refractivity contribution in [3.05, 3.63) is 82.4 Å². The minimum atomic E-state index is -3.41. The molecule has 0 saturated heterocycles. The first-order valence-electron chi connectivity index (χ1n) is 10.1. The highest BCUT2D eigenvalue weighted by atomic mass is 32.2. The molecule has 0 saturated carbocycles. The molecule has 32 heavy (non-hydrogen) atoms. The Balaban J connectivity index is 1.90. The Kier molecular flexibility index (Phi) is 5.56. The van der Waals surface area contributed by atoms with Gasteiger partial charge in [0.25, 0.3) is 5.56 Å². The van der Waals surface area contributed by atoms with E-state index in [-0.39, 0.29) is 16.5 Å². The van der Waals surface area contributed by atoms with E-state index in [2.05, 4.69) is 10.3 Å². The molecule has 0 fully saturated rings. The zero-order chi connectivity index (χ0) is 23.0. The van der Waals surface area contributed by atoms with E-state index in [4.69, 9.17) is 4.98 Å². The smallest absolute Gasteiger partial charge is 0.261 e. The van der Waals surface area contributed by atoms with E-state index in [0.29, 0.717) is 22.4 Å². The van der Waals surface area contributed by atoms with E-state index in [1.165, 1.54) is 10.8 Å². The fourth-order valence-corrected chi connectivity index (χ4v) is 4.71. The summed E-state index contributed by atoms with van der Waals surface area (Å²) in [6, 6.07) is 14.0. The summed E-state index contributed by atoms with van der Waals surface area (Å²) in [6.45, 7) is 3.85. The average molecular weight is 449 g/mol. The lowest BCUT2D eigenvalue weighted by Gasteiger charge is -2.20. The van der Waals surface area contributed by atoms with E-state index in [1.54, 1.807) is 49.8 Å². The fourth-order valence-electron chi connectivity index (χ4n) is 3.86. The molecule has 2 heterocycles. The largest absolute Gasteiger partial charge is 0.377 e. The number of hydrogen-bond acceptors (Lipinski definition) is 6. The summed E-state index contributed by atoms with van der Waals surface area (Å²) in [4.78, 5) is 22.4. The first kappa shape index (κ1) is 21.7. The van der Waals surface area contributed by atoms with E-state index in [9.17, 15) is 13.2 Å². The van der Waals surface area contributed by atoms with Crippen LogP contribution in [0.1, 0.15) is 24.1 Å². The first-order chi connectivity index (χ1) is 15.2. The van der Waals surface area contributed by atoms with E-state index < -0.39 is 9.84 Å². The van der Waals surface area contributed by atoms with Crippen LogP contribution in [0.15, 0.2) is 70.6 Å². The number of hydrogen-bond donors (Lipinski definition) is 1. The highest BCUT2D eigenvalue weighted by Gasteiger charge is 2.19. The second-order valence-electron chi connectivity index (χ2n) is 7.93. The van der Waals surface area contributed by atoms with Gasteiger partial charge in [-0.05, 0) is 49.7 Å². The van der Waals surface area contributed by atoms with Crippen LogP contribution in [-0.4, -0.2) is 29.2 Å². The molecule has 1 atom stereocenters. The lowest BCUT2D eigenvalue weighted by atomic mass is 10.0. The van der Waals surface area contributed by atoms with Crippen molar-refractivity contribution < 1.29 is 8.42 Å². The van der Waals surface area contributed by atoms with Gasteiger partial charge in [0.1, 0.15) is 5.82 Å². The summed E-state index contributed by atoms with van der Waals surface area (Å²) >= 11 is 0. The van der Waals surface area contributed by atoms with Gasteiger partial charge in [-0.3, -0.25) is 14.3 Å². The van der Waals surface area contributed by atoms with E-state index >= 15 is 0 Å². The molecule has 0 amide bonds. The van der Waals surface area contributed by atoms with Gasteiger partial charge < -0.3 is 5.32 Å². The molecule has 164 valence electrons. The van der Waals surface area contributed by atoms with Gasteiger partial charge in [-0.25, -0.2) is 13.4 Å². The summed E-state index contributed by atoms with van der Waals surface area (Å²) in [5.41, 5.74) is 3.41. The molecule has 0 radical (unpaired) electrons. The Bertz CT molecular complexity index is 1480. The normalized spacial score (nSPS) is 12.6. The zero-order valence-corrected chi connectivity index (χ0v) is 19.1. The number of pyridine rings is 1. The molecular weight excluding hydrogens is 424 g/mol. The maximum absolute atomic E-state index is 13.2. The zero-order valence-electron chi connectivity index (χ0n) is 18.3. The van der Waals surface area contributed by atoms with Gasteiger partial charge in [0, 0.05) is 36.8 Å². The molecule has 0 spiro atoms. The number of sulfone groups is 1. The van der Waals surface area contributed by atoms with Gasteiger partial charge in [0.2, 0.25) is 0 Å². The molecule has 0 aliphatic rings. The van der Waals surface area contributed by atoms with Crippen LogP contribution in [0.2, 0.25) is 0 Å². The maximum Gasteiger partial charge on any atom is 0.261 e. The van der Waals surface area contributed by atoms with E-state index in [1.807, 2.05) is 32.0 Å². The molecule has 7 nitrogen and oxygen atoms in total. The van der Waals surface area contributed by atoms with Crippen molar-refractivity contribution in [1.82, 2.24) is 14.5 Å².